The van der Waals surface area contributed by atoms with Gasteiger partial charge in [0.1, 0.15) is 6.04 Å². The zero-order valence-electron chi connectivity index (χ0n) is 15.8. The van der Waals surface area contributed by atoms with E-state index in [9.17, 15) is 9.59 Å². The van der Waals surface area contributed by atoms with Gasteiger partial charge in [0.05, 0.1) is 5.69 Å². The summed E-state index contributed by atoms with van der Waals surface area (Å²) in [7, 11) is 1.92. The van der Waals surface area contributed by atoms with Crippen LogP contribution >= 0.6 is 0 Å². The molecule has 2 amide bonds. The first-order valence-corrected chi connectivity index (χ1v) is 9.02. The molecule has 0 spiro atoms. The van der Waals surface area contributed by atoms with Gasteiger partial charge in [0.2, 0.25) is 11.8 Å². The Hall–Kier alpha value is -2.63. The standard InChI is InChI=1S/C20H26N4O2/c1-13(12-17-14(2)22-23(4)15(17)3)20(26)24-11-10-21-19(25)18(24)16-8-6-5-7-9-16/h5-9,13,18H,10-12H2,1-4H3,(H,21,25). The molecule has 6 nitrogen and oxygen atoms in total. The third kappa shape index (κ3) is 3.36. The average molecular weight is 354 g/mol. The predicted octanol–water partition coefficient (Wildman–Crippen LogP) is 1.92. The molecule has 138 valence electrons. The lowest BCUT2D eigenvalue weighted by molar-refractivity contribution is -0.146. The van der Waals surface area contributed by atoms with Gasteiger partial charge < -0.3 is 10.2 Å². The largest absolute Gasteiger partial charge is 0.352 e. The average Bonchev–Trinajstić information content (AvgIpc) is 2.87. The van der Waals surface area contributed by atoms with Crippen LogP contribution in [0, 0.1) is 19.8 Å². The Bertz CT molecular complexity index is 813. The number of nitrogens with zero attached hydrogens (tertiary/aromatic N) is 3. The summed E-state index contributed by atoms with van der Waals surface area (Å²) >= 11 is 0. The zero-order valence-corrected chi connectivity index (χ0v) is 15.8. The lowest BCUT2D eigenvalue weighted by atomic mass is 9.95. The van der Waals surface area contributed by atoms with Crippen LogP contribution in [-0.2, 0) is 23.1 Å². The van der Waals surface area contributed by atoms with Crippen molar-refractivity contribution < 1.29 is 9.59 Å². The Morgan fingerprint density at radius 1 is 1.31 bits per heavy atom. The molecule has 1 saturated heterocycles. The molecular weight excluding hydrogens is 328 g/mol. The number of carbonyl (C=O) groups excluding carboxylic acids is 2. The van der Waals surface area contributed by atoms with Crippen LogP contribution in [0.4, 0.5) is 0 Å². The smallest absolute Gasteiger partial charge is 0.247 e. The number of amides is 2. The number of aromatic nitrogens is 2. The van der Waals surface area contributed by atoms with E-state index in [4.69, 9.17) is 0 Å². The van der Waals surface area contributed by atoms with Crippen LogP contribution < -0.4 is 5.32 Å². The zero-order chi connectivity index (χ0) is 18.8. The molecule has 1 aromatic carbocycles. The van der Waals surface area contributed by atoms with E-state index < -0.39 is 6.04 Å². The fraction of sp³-hybridized carbons (Fsp3) is 0.450. The number of benzene rings is 1. The molecule has 2 heterocycles. The molecule has 1 aliphatic heterocycles. The minimum atomic E-state index is -0.559. The van der Waals surface area contributed by atoms with Crippen molar-refractivity contribution in [3.63, 3.8) is 0 Å². The minimum Gasteiger partial charge on any atom is -0.352 e. The first-order chi connectivity index (χ1) is 12.4. The molecule has 26 heavy (non-hydrogen) atoms. The van der Waals surface area contributed by atoms with Crippen LogP contribution in [0.15, 0.2) is 30.3 Å². The van der Waals surface area contributed by atoms with E-state index in [-0.39, 0.29) is 17.7 Å². The third-order valence-electron chi connectivity index (χ3n) is 5.20. The van der Waals surface area contributed by atoms with Gasteiger partial charge in [-0.3, -0.25) is 14.3 Å². The summed E-state index contributed by atoms with van der Waals surface area (Å²) in [6.45, 7) is 6.95. The molecule has 3 rings (SSSR count). The van der Waals surface area contributed by atoms with Gasteiger partial charge in [-0.2, -0.15) is 5.10 Å². The van der Waals surface area contributed by atoms with Gasteiger partial charge in [-0.25, -0.2) is 0 Å². The molecular formula is C20H26N4O2. The summed E-state index contributed by atoms with van der Waals surface area (Å²) in [5.74, 6) is -0.318. The van der Waals surface area contributed by atoms with Crippen molar-refractivity contribution in [2.24, 2.45) is 13.0 Å². The first kappa shape index (κ1) is 18.2. The highest BCUT2D eigenvalue weighted by Gasteiger charge is 2.36. The fourth-order valence-electron chi connectivity index (χ4n) is 3.66. The summed E-state index contributed by atoms with van der Waals surface area (Å²) in [6.07, 6.45) is 0.629. The molecule has 0 saturated carbocycles. The predicted molar refractivity (Wildman–Crippen MR) is 99.5 cm³/mol. The van der Waals surface area contributed by atoms with Crippen molar-refractivity contribution in [1.82, 2.24) is 20.0 Å². The van der Waals surface area contributed by atoms with Crippen LogP contribution in [0.25, 0.3) is 0 Å². The maximum absolute atomic E-state index is 13.2. The Labute approximate surface area is 154 Å². The van der Waals surface area contributed by atoms with E-state index in [1.807, 2.05) is 62.8 Å². The van der Waals surface area contributed by atoms with Crippen molar-refractivity contribution in [2.75, 3.05) is 13.1 Å². The maximum Gasteiger partial charge on any atom is 0.247 e. The molecule has 0 bridgehead atoms. The molecule has 0 aliphatic carbocycles. The number of rotatable bonds is 4. The molecule has 1 N–H and O–H groups in total. The van der Waals surface area contributed by atoms with Crippen LogP contribution in [-0.4, -0.2) is 39.6 Å². The van der Waals surface area contributed by atoms with E-state index in [2.05, 4.69) is 10.4 Å². The van der Waals surface area contributed by atoms with Crippen LogP contribution in [0.3, 0.4) is 0 Å². The number of piperazine rings is 1. The molecule has 2 unspecified atom stereocenters. The molecule has 1 fully saturated rings. The summed E-state index contributed by atoms with van der Waals surface area (Å²) in [5, 5.41) is 7.32. The summed E-state index contributed by atoms with van der Waals surface area (Å²) in [4.78, 5) is 27.4. The molecule has 1 aliphatic rings. The van der Waals surface area contributed by atoms with Crippen molar-refractivity contribution in [3.05, 3.63) is 52.8 Å². The summed E-state index contributed by atoms with van der Waals surface area (Å²) in [6, 6.07) is 8.94. The Morgan fingerprint density at radius 3 is 2.62 bits per heavy atom. The molecule has 6 heteroatoms. The molecule has 0 radical (unpaired) electrons. The van der Waals surface area contributed by atoms with Crippen molar-refractivity contribution in [3.8, 4) is 0 Å². The maximum atomic E-state index is 13.2. The second-order valence-corrected chi connectivity index (χ2v) is 7.01. The highest BCUT2D eigenvalue weighted by atomic mass is 16.2. The second-order valence-electron chi connectivity index (χ2n) is 7.01. The minimum absolute atomic E-state index is 0.0105. The number of aryl methyl sites for hydroxylation is 2. The van der Waals surface area contributed by atoms with E-state index >= 15 is 0 Å². The van der Waals surface area contributed by atoms with Crippen molar-refractivity contribution >= 4 is 11.8 Å². The molecule has 2 atom stereocenters. The number of carbonyl (C=O) groups is 2. The lowest BCUT2D eigenvalue weighted by Gasteiger charge is -2.37. The van der Waals surface area contributed by atoms with Crippen LogP contribution in [0.5, 0.6) is 0 Å². The van der Waals surface area contributed by atoms with Gasteiger partial charge in [-0.05, 0) is 31.4 Å². The summed E-state index contributed by atoms with van der Waals surface area (Å²) in [5.41, 5.74) is 4.00. The molecule has 1 aromatic heterocycles. The SMILES string of the molecule is Cc1nn(C)c(C)c1CC(C)C(=O)N1CCNC(=O)C1c1ccccc1. The third-order valence-corrected chi connectivity index (χ3v) is 5.20. The van der Waals surface area contributed by atoms with Gasteiger partial charge >= 0.3 is 0 Å². The molecule has 2 aromatic rings. The number of hydrogen-bond donors (Lipinski definition) is 1. The van der Waals surface area contributed by atoms with Crippen molar-refractivity contribution in [2.45, 2.75) is 33.2 Å². The lowest BCUT2D eigenvalue weighted by Crippen LogP contribution is -2.53. The van der Waals surface area contributed by atoms with Gasteiger partial charge in [-0.15, -0.1) is 0 Å². The van der Waals surface area contributed by atoms with Gasteiger partial charge in [-0.1, -0.05) is 37.3 Å². The first-order valence-electron chi connectivity index (χ1n) is 9.02. The monoisotopic (exact) mass is 354 g/mol. The number of nitrogens with one attached hydrogen (secondary N) is 1. The Balaban J connectivity index is 1.83. The summed E-state index contributed by atoms with van der Waals surface area (Å²) < 4.78 is 1.85. The Kier molecular flexibility index (Phi) is 5.11. The van der Waals surface area contributed by atoms with Crippen LogP contribution in [0.2, 0.25) is 0 Å². The Morgan fingerprint density at radius 2 is 2.00 bits per heavy atom. The van der Waals surface area contributed by atoms with Gasteiger partial charge in [0.25, 0.3) is 0 Å². The quantitative estimate of drug-likeness (QED) is 0.912. The van der Waals surface area contributed by atoms with E-state index in [0.717, 1.165) is 22.5 Å². The van der Waals surface area contributed by atoms with E-state index in [1.54, 1.807) is 4.90 Å². The van der Waals surface area contributed by atoms with E-state index in [0.29, 0.717) is 19.5 Å². The van der Waals surface area contributed by atoms with Crippen LogP contribution in [0.1, 0.15) is 35.5 Å². The normalized spacial score (nSPS) is 18.5. The topological polar surface area (TPSA) is 67.2 Å². The fourth-order valence-corrected chi connectivity index (χ4v) is 3.66. The highest BCUT2D eigenvalue weighted by Crippen LogP contribution is 2.26. The highest BCUT2D eigenvalue weighted by molar-refractivity contribution is 5.90. The van der Waals surface area contributed by atoms with Gasteiger partial charge in [0.15, 0.2) is 0 Å². The van der Waals surface area contributed by atoms with E-state index in [1.165, 1.54) is 0 Å². The van der Waals surface area contributed by atoms with Crippen molar-refractivity contribution in [1.29, 1.82) is 0 Å². The van der Waals surface area contributed by atoms with Gasteiger partial charge in [0, 0.05) is 31.7 Å². The second kappa shape index (κ2) is 7.32. The number of hydrogen-bond acceptors (Lipinski definition) is 3.